The minimum absolute atomic E-state index is 0.0890. The van der Waals surface area contributed by atoms with Crippen LogP contribution in [-0.4, -0.2) is 35.7 Å². The number of amides is 1. The van der Waals surface area contributed by atoms with Gasteiger partial charge in [-0.25, -0.2) is 4.79 Å². The number of carboxylic acids is 1. The van der Waals surface area contributed by atoms with E-state index in [4.69, 9.17) is 9.84 Å². The van der Waals surface area contributed by atoms with Gasteiger partial charge in [0, 0.05) is 12.5 Å². The van der Waals surface area contributed by atoms with Crippen molar-refractivity contribution >= 4 is 11.9 Å². The second kappa shape index (κ2) is 5.97. The van der Waals surface area contributed by atoms with Crippen LogP contribution in [0, 0.1) is 28.6 Å². The van der Waals surface area contributed by atoms with Crippen molar-refractivity contribution in [1.82, 2.24) is 5.32 Å². The van der Waals surface area contributed by atoms with E-state index in [1.165, 1.54) is 12.8 Å². The number of aliphatic carboxylic acids is 1. The molecule has 4 aliphatic rings. The van der Waals surface area contributed by atoms with Crippen LogP contribution in [0.25, 0.3) is 0 Å². The van der Waals surface area contributed by atoms with Gasteiger partial charge in [-0.15, -0.1) is 0 Å². The van der Waals surface area contributed by atoms with Gasteiger partial charge in [-0.2, -0.15) is 0 Å². The number of carbonyl (C=O) groups excluding carboxylic acids is 1. The van der Waals surface area contributed by atoms with Crippen LogP contribution in [0.4, 0.5) is 0 Å². The molecule has 0 aromatic rings. The largest absolute Gasteiger partial charge is 0.480 e. The van der Waals surface area contributed by atoms with Crippen molar-refractivity contribution in [3.05, 3.63) is 0 Å². The van der Waals surface area contributed by atoms with E-state index in [1.54, 1.807) is 0 Å². The Kier molecular flexibility index (Phi) is 4.13. The van der Waals surface area contributed by atoms with Gasteiger partial charge in [0.2, 0.25) is 5.91 Å². The second-order valence-corrected chi connectivity index (χ2v) is 9.40. The van der Waals surface area contributed by atoms with Crippen molar-refractivity contribution in [2.45, 2.75) is 77.4 Å². The molecule has 1 saturated heterocycles. The molecule has 1 amide bonds. The summed E-state index contributed by atoms with van der Waals surface area (Å²) in [5.74, 6) is 1.38. The van der Waals surface area contributed by atoms with Crippen LogP contribution in [0.2, 0.25) is 0 Å². The van der Waals surface area contributed by atoms with Crippen molar-refractivity contribution in [2.24, 2.45) is 28.6 Å². The number of ether oxygens (including phenoxy) is 1. The van der Waals surface area contributed by atoms with E-state index in [0.717, 1.165) is 32.1 Å². The molecule has 3 aliphatic carbocycles. The van der Waals surface area contributed by atoms with E-state index in [-0.39, 0.29) is 29.4 Å². The quantitative estimate of drug-likeness (QED) is 0.821. The first-order chi connectivity index (χ1) is 11.8. The van der Waals surface area contributed by atoms with Gasteiger partial charge in [0.15, 0.2) is 0 Å². The maximum Gasteiger partial charge on any atom is 0.329 e. The minimum Gasteiger partial charge on any atom is -0.480 e. The summed E-state index contributed by atoms with van der Waals surface area (Å²) >= 11 is 0. The van der Waals surface area contributed by atoms with Gasteiger partial charge in [-0.3, -0.25) is 4.79 Å². The third-order valence-corrected chi connectivity index (χ3v) is 8.42. The maximum absolute atomic E-state index is 11.8. The van der Waals surface area contributed by atoms with Crippen LogP contribution in [-0.2, 0) is 14.3 Å². The summed E-state index contributed by atoms with van der Waals surface area (Å²) in [5, 5.41) is 12.2. The summed E-state index contributed by atoms with van der Waals surface area (Å²) in [7, 11) is 0. The van der Waals surface area contributed by atoms with Crippen molar-refractivity contribution in [3.8, 4) is 0 Å². The fraction of sp³-hybridized carbons (Fsp3) is 0.900. The zero-order chi connectivity index (χ0) is 17.8. The Morgan fingerprint density at radius 1 is 1.12 bits per heavy atom. The summed E-state index contributed by atoms with van der Waals surface area (Å²) in [5.41, 5.74) is 0.357. The SMILES string of the molecule is C[C@]12CCC(=O)NC1CC[C@@H]1[C@H]2CC[C@]2(C)C(OCC(=O)O)CC[C@@H]12. The zero-order valence-electron chi connectivity index (χ0n) is 15.4. The van der Waals surface area contributed by atoms with Crippen LogP contribution < -0.4 is 5.32 Å². The molecule has 4 rings (SSSR count). The molecule has 0 spiro atoms. The fourth-order valence-corrected chi connectivity index (χ4v) is 7.10. The number of piperidine rings is 1. The molecule has 1 aliphatic heterocycles. The molecule has 0 radical (unpaired) electrons. The normalized spacial score (nSPS) is 48.9. The van der Waals surface area contributed by atoms with Gasteiger partial charge in [0.05, 0.1) is 6.10 Å². The van der Waals surface area contributed by atoms with E-state index in [2.05, 4.69) is 19.2 Å². The lowest BCUT2D eigenvalue weighted by molar-refractivity contribution is -0.154. The standard InChI is InChI=1S/C20H31NO4/c1-19-10-8-17(22)21-15(19)5-3-12-13-4-6-16(25-11-18(23)24)20(13,2)9-7-14(12)19/h12-16H,3-11H2,1-2H3,(H,21,22)(H,23,24)/t12-,13-,14+,15?,16?,19+,20-/m0/s1. The molecule has 0 bridgehead atoms. The van der Waals surface area contributed by atoms with E-state index >= 15 is 0 Å². The summed E-state index contributed by atoms with van der Waals surface area (Å²) in [4.78, 5) is 22.8. The highest BCUT2D eigenvalue weighted by Crippen LogP contribution is 2.64. The second-order valence-electron chi connectivity index (χ2n) is 9.40. The molecule has 140 valence electrons. The van der Waals surface area contributed by atoms with Gasteiger partial charge >= 0.3 is 5.97 Å². The topological polar surface area (TPSA) is 75.6 Å². The molecule has 7 atom stereocenters. The summed E-state index contributed by atoms with van der Waals surface area (Å²) in [6.07, 6.45) is 8.53. The first kappa shape index (κ1) is 17.3. The fourth-order valence-electron chi connectivity index (χ4n) is 7.10. The molecule has 2 N–H and O–H groups in total. The van der Waals surface area contributed by atoms with Crippen molar-refractivity contribution in [3.63, 3.8) is 0 Å². The van der Waals surface area contributed by atoms with E-state index in [1.807, 2.05) is 0 Å². The lowest BCUT2D eigenvalue weighted by atomic mass is 9.47. The highest BCUT2D eigenvalue weighted by Gasteiger charge is 2.60. The molecule has 2 unspecified atom stereocenters. The van der Waals surface area contributed by atoms with Gasteiger partial charge < -0.3 is 15.2 Å². The minimum atomic E-state index is -0.869. The zero-order valence-corrected chi connectivity index (χ0v) is 15.4. The number of nitrogens with one attached hydrogen (secondary N) is 1. The number of hydrogen-bond acceptors (Lipinski definition) is 3. The average Bonchev–Trinajstić information content (AvgIpc) is 2.90. The van der Waals surface area contributed by atoms with Gasteiger partial charge in [0.1, 0.15) is 6.61 Å². The Bertz CT molecular complexity index is 578. The van der Waals surface area contributed by atoms with Gasteiger partial charge in [-0.1, -0.05) is 13.8 Å². The number of hydrogen-bond donors (Lipinski definition) is 2. The first-order valence-electron chi connectivity index (χ1n) is 9.97. The number of carboxylic acid groups (broad SMARTS) is 1. The Balaban J connectivity index is 1.54. The Morgan fingerprint density at radius 3 is 2.64 bits per heavy atom. The van der Waals surface area contributed by atoms with Crippen LogP contribution in [0.3, 0.4) is 0 Å². The molecule has 5 heteroatoms. The molecular weight excluding hydrogens is 318 g/mol. The first-order valence-corrected chi connectivity index (χ1v) is 9.97. The van der Waals surface area contributed by atoms with E-state index < -0.39 is 5.97 Å². The summed E-state index contributed by atoms with van der Waals surface area (Å²) in [6.45, 7) is 4.57. The van der Waals surface area contributed by atoms with Crippen LogP contribution in [0.15, 0.2) is 0 Å². The highest BCUT2D eigenvalue weighted by atomic mass is 16.5. The predicted octanol–water partition coefficient (Wildman–Crippen LogP) is 2.98. The molecule has 4 fully saturated rings. The smallest absolute Gasteiger partial charge is 0.329 e. The van der Waals surface area contributed by atoms with Gasteiger partial charge in [-0.05, 0) is 73.5 Å². The van der Waals surface area contributed by atoms with E-state index in [9.17, 15) is 9.59 Å². The number of carbonyl (C=O) groups is 2. The molecule has 0 aromatic carbocycles. The molecule has 3 saturated carbocycles. The van der Waals surface area contributed by atoms with E-state index in [0.29, 0.717) is 30.2 Å². The lowest BCUT2D eigenvalue weighted by Crippen LogP contribution is -2.61. The number of fused-ring (bicyclic) bond motifs is 5. The maximum atomic E-state index is 11.8. The van der Waals surface area contributed by atoms with Crippen LogP contribution in [0.5, 0.6) is 0 Å². The Morgan fingerprint density at radius 2 is 1.88 bits per heavy atom. The molecule has 0 aromatic heterocycles. The van der Waals surface area contributed by atoms with Crippen LogP contribution >= 0.6 is 0 Å². The lowest BCUT2D eigenvalue weighted by Gasteiger charge is -2.60. The summed E-state index contributed by atoms with van der Waals surface area (Å²) in [6, 6.07) is 0.347. The monoisotopic (exact) mass is 349 g/mol. The summed E-state index contributed by atoms with van der Waals surface area (Å²) < 4.78 is 5.81. The highest BCUT2D eigenvalue weighted by molar-refractivity contribution is 5.77. The van der Waals surface area contributed by atoms with Crippen molar-refractivity contribution < 1.29 is 19.4 Å². The molecular formula is C20H31NO4. The number of rotatable bonds is 3. The molecule has 25 heavy (non-hydrogen) atoms. The third-order valence-electron chi connectivity index (χ3n) is 8.42. The molecule has 1 heterocycles. The predicted molar refractivity (Wildman–Crippen MR) is 92.9 cm³/mol. The van der Waals surface area contributed by atoms with Crippen molar-refractivity contribution in [2.75, 3.05) is 6.61 Å². The van der Waals surface area contributed by atoms with Gasteiger partial charge in [0.25, 0.3) is 0 Å². The Hall–Kier alpha value is -1.10. The average molecular weight is 349 g/mol. The van der Waals surface area contributed by atoms with Crippen LogP contribution in [0.1, 0.15) is 65.2 Å². The Labute approximate surface area is 149 Å². The third kappa shape index (κ3) is 2.61. The van der Waals surface area contributed by atoms with Crippen molar-refractivity contribution in [1.29, 1.82) is 0 Å². The molecule has 5 nitrogen and oxygen atoms in total.